The van der Waals surface area contributed by atoms with Crippen molar-refractivity contribution in [2.24, 2.45) is 0 Å². The van der Waals surface area contributed by atoms with Crippen molar-refractivity contribution < 1.29 is 20.4 Å². The highest BCUT2D eigenvalue weighted by Gasteiger charge is 2.24. The van der Waals surface area contributed by atoms with Gasteiger partial charge in [-0.2, -0.15) is 0 Å². The molecule has 0 fully saturated rings. The molecule has 34 heavy (non-hydrogen) atoms. The van der Waals surface area contributed by atoms with E-state index in [1.54, 1.807) is 36.4 Å². The Bertz CT molecular complexity index is 1140. The Kier molecular flexibility index (Phi) is 7.52. The van der Waals surface area contributed by atoms with Gasteiger partial charge in [-0.1, -0.05) is 62.4 Å². The molecule has 4 heteroatoms. The molecule has 0 aliphatic heterocycles. The van der Waals surface area contributed by atoms with Gasteiger partial charge in [0.15, 0.2) is 0 Å². The third-order valence-corrected chi connectivity index (χ3v) is 6.12. The molecule has 0 atom stereocenters. The molecule has 0 heterocycles. The molecule has 0 aliphatic rings. The monoisotopic (exact) mass is 456 g/mol. The van der Waals surface area contributed by atoms with Gasteiger partial charge in [0.25, 0.3) is 0 Å². The van der Waals surface area contributed by atoms with Gasteiger partial charge in [-0.05, 0) is 90.0 Å². The summed E-state index contributed by atoms with van der Waals surface area (Å²) in [5.41, 5.74) is 6.15. The van der Waals surface area contributed by atoms with Crippen LogP contribution in [0.2, 0.25) is 0 Å². The van der Waals surface area contributed by atoms with Crippen LogP contribution in [0.5, 0.6) is 23.0 Å². The number of phenolic OH excluding ortho intramolecular Hbond substituents is 4. The van der Waals surface area contributed by atoms with Crippen molar-refractivity contribution in [2.45, 2.75) is 39.5 Å². The highest BCUT2D eigenvalue weighted by molar-refractivity contribution is 5.46. The summed E-state index contributed by atoms with van der Waals surface area (Å²) >= 11 is 0. The minimum absolute atomic E-state index is 0.170. The van der Waals surface area contributed by atoms with Crippen LogP contribution in [0.25, 0.3) is 0 Å². The van der Waals surface area contributed by atoms with E-state index >= 15 is 0 Å². The first-order valence-electron chi connectivity index (χ1n) is 11.2. The maximum absolute atomic E-state index is 9.63. The molecule has 4 nitrogen and oxygen atoms in total. The van der Waals surface area contributed by atoms with Crippen LogP contribution in [-0.4, -0.2) is 20.4 Å². The van der Waals surface area contributed by atoms with Crippen molar-refractivity contribution in [3.63, 3.8) is 0 Å². The molecule has 4 aromatic carbocycles. The largest absolute Gasteiger partial charge is 0.508 e. The number of phenols is 4. The van der Waals surface area contributed by atoms with Gasteiger partial charge in [-0.15, -0.1) is 0 Å². The van der Waals surface area contributed by atoms with E-state index in [4.69, 9.17) is 10.2 Å². The number of aryl methyl sites for hydroxylation is 2. The Morgan fingerprint density at radius 3 is 1.21 bits per heavy atom. The van der Waals surface area contributed by atoms with Gasteiger partial charge in [-0.3, -0.25) is 0 Å². The van der Waals surface area contributed by atoms with Crippen LogP contribution in [-0.2, 0) is 11.8 Å². The summed E-state index contributed by atoms with van der Waals surface area (Å²) in [5.74, 6) is 1.21. The smallest absolute Gasteiger partial charge is 0.118 e. The first kappa shape index (κ1) is 24.7. The number of hydrogen-bond donors (Lipinski definition) is 4. The van der Waals surface area contributed by atoms with Gasteiger partial charge in [0.05, 0.1) is 0 Å². The van der Waals surface area contributed by atoms with E-state index in [2.05, 4.69) is 13.8 Å². The third-order valence-electron chi connectivity index (χ3n) is 6.12. The van der Waals surface area contributed by atoms with Crippen molar-refractivity contribution in [1.82, 2.24) is 0 Å². The van der Waals surface area contributed by atoms with E-state index in [0.29, 0.717) is 11.5 Å². The molecule has 0 aliphatic carbocycles. The molecule has 0 spiro atoms. The van der Waals surface area contributed by atoms with Crippen LogP contribution in [0.15, 0.2) is 84.9 Å². The van der Waals surface area contributed by atoms with E-state index in [0.717, 1.165) is 39.8 Å². The number of hydrogen-bond acceptors (Lipinski definition) is 4. The minimum atomic E-state index is -0.170. The third kappa shape index (κ3) is 6.10. The second-order valence-electron chi connectivity index (χ2n) is 9.14. The van der Waals surface area contributed by atoms with Crippen molar-refractivity contribution in [1.29, 1.82) is 0 Å². The molecule has 4 aromatic rings. The molecule has 0 aromatic heterocycles. The molecule has 0 radical (unpaired) electrons. The van der Waals surface area contributed by atoms with Crippen molar-refractivity contribution in [3.8, 4) is 23.0 Å². The van der Waals surface area contributed by atoms with Crippen LogP contribution in [0.1, 0.15) is 47.2 Å². The molecule has 176 valence electrons. The first-order valence-corrected chi connectivity index (χ1v) is 11.2. The molecule has 0 saturated heterocycles. The SMILES string of the molecule is Cc1cc(C(C)(C)c2ccc(O)c(C)c2)ccc1O.Oc1ccc(Cc2ccc(O)cc2)cc1. The quantitative estimate of drug-likeness (QED) is 0.274. The van der Waals surface area contributed by atoms with E-state index < -0.39 is 0 Å². The van der Waals surface area contributed by atoms with Crippen molar-refractivity contribution in [3.05, 3.63) is 118 Å². The average molecular weight is 457 g/mol. The summed E-state index contributed by atoms with van der Waals surface area (Å²) in [6.45, 7) is 8.09. The number of benzene rings is 4. The zero-order chi connectivity index (χ0) is 24.9. The number of aromatic hydroxyl groups is 4. The fraction of sp³-hybridized carbons (Fsp3) is 0.200. The lowest BCUT2D eigenvalue weighted by atomic mass is 9.77. The Labute approximate surface area is 201 Å². The van der Waals surface area contributed by atoms with Gasteiger partial charge < -0.3 is 20.4 Å². The van der Waals surface area contributed by atoms with Gasteiger partial charge in [0, 0.05) is 5.41 Å². The van der Waals surface area contributed by atoms with Crippen LogP contribution >= 0.6 is 0 Å². The van der Waals surface area contributed by atoms with Crippen LogP contribution < -0.4 is 0 Å². The topological polar surface area (TPSA) is 80.9 Å². The highest BCUT2D eigenvalue weighted by Crippen LogP contribution is 2.35. The van der Waals surface area contributed by atoms with Crippen LogP contribution in [0.4, 0.5) is 0 Å². The predicted octanol–water partition coefficient (Wildman–Crippen LogP) is 6.73. The van der Waals surface area contributed by atoms with E-state index in [9.17, 15) is 10.2 Å². The Morgan fingerprint density at radius 2 is 0.882 bits per heavy atom. The maximum atomic E-state index is 9.63. The van der Waals surface area contributed by atoms with E-state index in [-0.39, 0.29) is 16.9 Å². The normalized spacial score (nSPS) is 10.9. The van der Waals surface area contributed by atoms with E-state index in [1.165, 1.54) is 0 Å². The second kappa shape index (κ2) is 10.3. The Hall–Kier alpha value is -3.92. The fourth-order valence-corrected chi connectivity index (χ4v) is 3.72. The lowest BCUT2D eigenvalue weighted by Gasteiger charge is -2.27. The lowest BCUT2D eigenvalue weighted by molar-refractivity contribution is 0.469. The van der Waals surface area contributed by atoms with Gasteiger partial charge in [0.1, 0.15) is 23.0 Å². The summed E-state index contributed by atoms with van der Waals surface area (Å²) < 4.78 is 0. The Balaban J connectivity index is 0.000000196. The van der Waals surface area contributed by atoms with Crippen molar-refractivity contribution >= 4 is 0 Å². The van der Waals surface area contributed by atoms with Crippen LogP contribution in [0.3, 0.4) is 0 Å². The van der Waals surface area contributed by atoms with Gasteiger partial charge >= 0.3 is 0 Å². The van der Waals surface area contributed by atoms with Crippen molar-refractivity contribution in [2.75, 3.05) is 0 Å². The maximum Gasteiger partial charge on any atom is 0.118 e. The van der Waals surface area contributed by atoms with Gasteiger partial charge in [0.2, 0.25) is 0 Å². The van der Waals surface area contributed by atoms with Crippen LogP contribution in [0, 0.1) is 13.8 Å². The molecule has 4 rings (SSSR count). The standard InChI is InChI=1S/C17H20O2.C13H12O2/c1-11-9-13(5-7-15(11)18)17(3,4)14-6-8-16(19)12(2)10-14;14-12-5-1-10(2-6-12)9-11-3-7-13(15)8-4-11/h5-10,18-19H,1-4H3;1-8,14-15H,9H2. The lowest BCUT2D eigenvalue weighted by Crippen LogP contribution is -2.19. The summed E-state index contributed by atoms with van der Waals surface area (Å²) in [7, 11) is 0. The molecular formula is C30H32O4. The highest BCUT2D eigenvalue weighted by atomic mass is 16.3. The molecule has 0 unspecified atom stereocenters. The summed E-state index contributed by atoms with van der Waals surface area (Å²) in [6, 6.07) is 25.7. The molecule has 0 saturated carbocycles. The second-order valence-corrected chi connectivity index (χ2v) is 9.14. The fourth-order valence-electron chi connectivity index (χ4n) is 3.72. The summed E-state index contributed by atoms with van der Waals surface area (Å²) in [6.07, 6.45) is 0.806. The first-order chi connectivity index (χ1) is 16.1. The zero-order valence-corrected chi connectivity index (χ0v) is 20.1. The molecule has 0 bridgehead atoms. The van der Waals surface area contributed by atoms with E-state index in [1.807, 2.05) is 62.4 Å². The number of rotatable bonds is 4. The predicted molar refractivity (Wildman–Crippen MR) is 137 cm³/mol. The average Bonchev–Trinajstić information content (AvgIpc) is 2.81. The summed E-state index contributed by atoms with van der Waals surface area (Å²) in [5, 5.41) is 37.5. The molecular weight excluding hydrogens is 424 g/mol. The van der Waals surface area contributed by atoms with Gasteiger partial charge in [-0.25, -0.2) is 0 Å². The summed E-state index contributed by atoms with van der Waals surface area (Å²) in [4.78, 5) is 0. The molecule has 4 N–H and O–H groups in total. The Morgan fingerprint density at radius 1 is 0.529 bits per heavy atom. The molecule has 0 amide bonds. The zero-order valence-electron chi connectivity index (χ0n) is 20.1. The minimum Gasteiger partial charge on any atom is -0.508 e.